The summed E-state index contributed by atoms with van der Waals surface area (Å²) in [5.41, 5.74) is 6.71. The van der Waals surface area contributed by atoms with Crippen LogP contribution in [-0.4, -0.2) is 16.1 Å². The lowest BCUT2D eigenvalue weighted by atomic mass is 10.1. The Kier molecular flexibility index (Phi) is 7.37. The summed E-state index contributed by atoms with van der Waals surface area (Å²) in [4.78, 5) is 8.19. The average Bonchev–Trinajstić information content (AvgIpc) is 2.82. The summed E-state index contributed by atoms with van der Waals surface area (Å²) >= 11 is 12.0. The van der Waals surface area contributed by atoms with Gasteiger partial charge < -0.3 is 15.6 Å². The molecule has 2 rings (SSSR count). The van der Waals surface area contributed by atoms with E-state index in [1.807, 2.05) is 13.0 Å². The second-order valence-electron chi connectivity index (χ2n) is 4.46. The minimum atomic E-state index is -0.106. The van der Waals surface area contributed by atoms with Crippen LogP contribution >= 0.6 is 47.2 Å². The molecule has 0 fully saturated rings. The molecule has 6 nitrogen and oxygen atoms in total. The van der Waals surface area contributed by atoms with Gasteiger partial charge in [-0.25, -0.2) is 4.99 Å². The molecule has 0 aliphatic heterocycles. The first-order valence-corrected chi connectivity index (χ1v) is 7.02. The molecule has 1 aromatic carbocycles. The van der Waals surface area contributed by atoms with Gasteiger partial charge in [-0.05, 0) is 24.6 Å². The highest BCUT2D eigenvalue weighted by Crippen LogP contribution is 2.25. The quantitative estimate of drug-likeness (QED) is 0.418. The molecular formula is C13H16Cl2IN5O. The molecule has 0 bridgehead atoms. The Hall–Kier alpha value is -1.06. The Morgan fingerprint density at radius 1 is 1.45 bits per heavy atom. The van der Waals surface area contributed by atoms with E-state index in [2.05, 4.69) is 20.4 Å². The number of nitrogens with two attached hydrogens (primary N) is 1. The Balaban J connectivity index is 0.00000242. The lowest BCUT2D eigenvalue weighted by molar-refractivity contribution is 0.387. The van der Waals surface area contributed by atoms with Crippen molar-refractivity contribution in [3.63, 3.8) is 0 Å². The van der Waals surface area contributed by atoms with Crippen molar-refractivity contribution >= 4 is 53.1 Å². The van der Waals surface area contributed by atoms with Crippen molar-refractivity contribution in [2.45, 2.75) is 26.4 Å². The first-order valence-electron chi connectivity index (χ1n) is 6.26. The monoisotopic (exact) mass is 455 g/mol. The molecule has 0 saturated carbocycles. The summed E-state index contributed by atoms with van der Waals surface area (Å²) < 4.78 is 4.85. The summed E-state index contributed by atoms with van der Waals surface area (Å²) in [5, 5.41) is 7.95. The minimum absolute atomic E-state index is 0. The van der Waals surface area contributed by atoms with Crippen LogP contribution in [0.3, 0.4) is 0 Å². The number of guanidine groups is 1. The van der Waals surface area contributed by atoms with Gasteiger partial charge in [0, 0.05) is 17.0 Å². The SMILES string of the molecule is Cc1nc(CN=C(N)NC(C)c2ccc(Cl)cc2Cl)no1.I. The first kappa shape index (κ1) is 19.0. The number of rotatable bonds is 4. The van der Waals surface area contributed by atoms with Crippen LogP contribution in [0.25, 0.3) is 0 Å². The fraction of sp³-hybridized carbons (Fsp3) is 0.308. The maximum atomic E-state index is 6.15. The van der Waals surface area contributed by atoms with E-state index in [-0.39, 0.29) is 42.5 Å². The number of nitrogens with zero attached hydrogens (tertiary/aromatic N) is 3. The first-order chi connectivity index (χ1) is 9.95. The van der Waals surface area contributed by atoms with Crippen molar-refractivity contribution in [1.29, 1.82) is 0 Å². The third-order valence-electron chi connectivity index (χ3n) is 2.75. The molecule has 9 heteroatoms. The third kappa shape index (κ3) is 5.29. The van der Waals surface area contributed by atoms with Gasteiger partial charge in [0.1, 0.15) is 6.54 Å². The van der Waals surface area contributed by atoms with Crippen LogP contribution in [0.4, 0.5) is 0 Å². The van der Waals surface area contributed by atoms with Gasteiger partial charge in [0.2, 0.25) is 5.89 Å². The van der Waals surface area contributed by atoms with E-state index >= 15 is 0 Å². The van der Waals surface area contributed by atoms with Gasteiger partial charge in [-0.2, -0.15) is 4.98 Å². The fourth-order valence-electron chi connectivity index (χ4n) is 1.76. The maximum Gasteiger partial charge on any atom is 0.223 e. The molecule has 0 spiro atoms. The zero-order valence-corrected chi connectivity index (χ0v) is 15.9. The van der Waals surface area contributed by atoms with Crippen LogP contribution in [0.5, 0.6) is 0 Å². The standard InChI is InChI=1S/C13H15Cl2N5O.HI/c1-7(10-4-3-9(14)5-11(10)15)18-13(16)17-6-12-19-8(2)21-20-12;/h3-5,7H,6H2,1-2H3,(H3,16,17,18);1H. The molecule has 0 radical (unpaired) electrons. The van der Waals surface area contributed by atoms with E-state index in [9.17, 15) is 0 Å². The van der Waals surface area contributed by atoms with E-state index in [0.717, 1.165) is 5.56 Å². The Morgan fingerprint density at radius 3 is 2.77 bits per heavy atom. The molecule has 120 valence electrons. The lowest BCUT2D eigenvalue weighted by Crippen LogP contribution is -2.34. The molecule has 0 amide bonds. The van der Waals surface area contributed by atoms with Crippen LogP contribution in [0.2, 0.25) is 10.0 Å². The smallest absolute Gasteiger partial charge is 0.223 e. The molecule has 0 aliphatic rings. The van der Waals surface area contributed by atoms with Crippen LogP contribution < -0.4 is 11.1 Å². The van der Waals surface area contributed by atoms with Crippen molar-refractivity contribution in [2.24, 2.45) is 10.7 Å². The number of halogens is 3. The summed E-state index contributed by atoms with van der Waals surface area (Å²) in [6.07, 6.45) is 0. The van der Waals surface area contributed by atoms with Crippen molar-refractivity contribution < 1.29 is 4.52 Å². The number of nitrogens with one attached hydrogen (secondary N) is 1. The summed E-state index contributed by atoms with van der Waals surface area (Å²) in [6, 6.07) is 5.20. The Morgan fingerprint density at radius 2 is 2.18 bits per heavy atom. The molecule has 2 aromatic rings. The number of benzene rings is 1. The number of hydrogen-bond donors (Lipinski definition) is 2. The van der Waals surface area contributed by atoms with Gasteiger partial charge in [-0.1, -0.05) is 34.4 Å². The van der Waals surface area contributed by atoms with Gasteiger partial charge >= 0.3 is 0 Å². The molecular weight excluding hydrogens is 440 g/mol. The van der Waals surface area contributed by atoms with Gasteiger partial charge in [-0.3, -0.25) is 0 Å². The molecule has 1 aromatic heterocycles. The van der Waals surface area contributed by atoms with Crippen LogP contribution in [-0.2, 0) is 6.54 Å². The summed E-state index contributed by atoms with van der Waals surface area (Å²) in [5.74, 6) is 1.25. The molecule has 0 saturated heterocycles. The van der Waals surface area contributed by atoms with Crippen LogP contribution in [0.15, 0.2) is 27.7 Å². The topological polar surface area (TPSA) is 89.3 Å². The normalized spacial score (nSPS) is 12.6. The van der Waals surface area contributed by atoms with Gasteiger partial charge in [0.25, 0.3) is 0 Å². The molecule has 0 aliphatic carbocycles. The number of aromatic nitrogens is 2. The highest BCUT2D eigenvalue weighted by Gasteiger charge is 2.11. The second-order valence-corrected chi connectivity index (χ2v) is 5.31. The number of aryl methyl sites for hydroxylation is 1. The van der Waals surface area contributed by atoms with Crippen LogP contribution in [0, 0.1) is 6.92 Å². The largest absolute Gasteiger partial charge is 0.370 e. The number of aliphatic imine (C=N–C) groups is 1. The van der Waals surface area contributed by atoms with E-state index in [1.54, 1.807) is 19.1 Å². The highest BCUT2D eigenvalue weighted by atomic mass is 127. The zero-order chi connectivity index (χ0) is 15.4. The van der Waals surface area contributed by atoms with E-state index in [4.69, 9.17) is 33.5 Å². The highest BCUT2D eigenvalue weighted by molar-refractivity contribution is 14.0. The van der Waals surface area contributed by atoms with Crippen molar-refractivity contribution in [1.82, 2.24) is 15.5 Å². The predicted octanol–water partition coefficient (Wildman–Crippen LogP) is 3.47. The maximum absolute atomic E-state index is 6.15. The molecule has 1 atom stereocenters. The molecule has 1 heterocycles. The Labute approximate surface area is 155 Å². The molecule has 3 N–H and O–H groups in total. The van der Waals surface area contributed by atoms with Gasteiger partial charge in [0.15, 0.2) is 11.8 Å². The van der Waals surface area contributed by atoms with E-state index in [1.165, 1.54) is 0 Å². The van der Waals surface area contributed by atoms with E-state index in [0.29, 0.717) is 21.8 Å². The summed E-state index contributed by atoms with van der Waals surface area (Å²) in [6.45, 7) is 3.89. The Bertz CT molecular complexity index is 662. The average molecular weight is 456 g/mol. The summed E-state index contributed by atoms with van der Waals surface area (Å²) in [7, 11) is 0. The predicted molar refractivity (Wildman–Crippen MR) is 97.8 cm³/mol. The second kappa shape index (κ2) is 8.54. The fourth-order valence-corrected chi connectivity index (χ4v) is 2.33. The third-order valence-corrected chi connectivity index (χ3v) is 3.32. The van der Waals surface area contributed by atoms with E-state index < -0.39 is 0 Å². The lowest BCUT2D eigenvalue weighted by Gasteiger charge is -2.16. The van der Waals surface area contributed by atoms with Gasteiger partial charge in [-0.15, -0.1) is 24.0 Å². The van der Waals surface area contributed by atoms with Crippen LogP contribution in [0.1, 0.15) is 30.2 Å². The number of hydrogen-bond acceptors (Lipinski definition) is 4. The molecule has 1 unspecified atom stereocenters. The van der Waals surface area contributed by atoms with Crippen molar-refractivity contribution in [3.8, 4) is 0 Å². The zero-order valence-electron chi connectivity index (χ0n) is 12.0. The minimum Gasteiger partial charge on any atom is -0.370 e. The molecule has 22 heavy (non-hydrogen) atoms. The van der Waals surface area contributed by atoms with Gasteiger partial charge in [0.05, 0.1) is 6.04 Å². The van der Waals surface area contributed by atoms with Crippen molar-refractivity contribution in [2.75, 3.05) is 0 Å². The van der Waals surface area contributed by atoms with Crippen molar-refractivity contribution in [3.05, 3.63) is 45.5 Å².